The summed E-state index contributed by atoms with van der Waals surface area (Å²) in [6.07, 6.45) is 4.76. The third-order valence-corrected chi connectivity index (χ3v) is 2.95. The molecule has 0 amide bonds. The molecule has 0 saturated carbocycles. The lowest BCUT2D eigenvalue weighted by Crippen LogP contribution is -1.94. The van der Waals surface area contributed by atoms with Crippen LogP contribution in [0.5, 0.6) is 0 Å². The molecule has 0 spiro atoms. The molecule has 0 unspecified atom stereocenters. The van der Waals surface area contributed by atoms with Gasteiger partial charge in [0.25, 0.3) is 0 Å². The number of hydrazone groups is 1. The highest BCUT2D eigenvalue weighted by Gasteiger charge is 1.95. The molecule has 1 heterocycles. The van der Waals surface area contributed by atoms with Crippen molar-refractivity contribution in [3.8, 4) is 0 Å². The first-order chi connectivity index (χ1) is 9.81. The molecule has 2 aromatic carbocycles. The number of benzene rings is 2. The monoisotopic (exact) mass is 282 g/mol. The number of nitrogens with zero attached hydrogens (tertiary/aromatic N) is 3. The van der Waals surface area contributed by atoms with Gasteiger partial charge in [-0.15, -0.1) is 0 Å². The average Bonchev–Trinajstić information content (AvgIpc) is 2.47. The first-order valence-electron chi connectivity index (χ1n) is 6.07. The number of rotatable bonds is 3. The van der Waals surface area contributed by atoms with Crippen molar-refractivity contribution in [1.82, 2.24) is 9.97 Å². The molecule has 98 valence electrons. The van der Waals surface area contributed by atoms with Crippen LogP contribution in [-0.4, -0.2) is 16.2 Å². The van der Waals surface area contributed by atoms with Crippen molar-refractivity contribution in [3.63, 3.8) is 0 Å². The number of nitrogens with one attached hydrogen (secondary N) is 1. The SMILES string of the molecule is Clc1cncc(N/N=C/c2ccc3ccccc3c2)n1. The maximum atomic E-state index is 5.74. The first-order valence-corrected chi connectivity index (χ1v) is 6.44. The van der Waals surface area contributed by atoms with Crippen molar-refractivity contribution in [2.24, 2.45) is 5.10 Å². The molecular formula is C15H11ClN4. The second kappa shape index (κ2) is 5.67. The quantitative estimate of drug-likeness (QED) is 0.588. The number of fused-ring (bicyclic) bond motifs is 1. The maximum absolute atomic E-state index is 5.74. The number of aromatic nitrogens is 2. The molecule has 1 N–H and O–H groups in total. The van der Waals surface area contributed by atoms with Crippen LogP contribution in [0.1, 0.15) is 5.56 Å². The largest absolute Gasteiger partial charge is 0.260 e. The van der Waals surface area contributed by atoms with E-state index in [0.29, 0.717) is 11.0 Å². The van der Waals surface area contributed by atoms with E-state index in [0.717, 1.165) is 5.56 Å². The Balaban J connectivity index is 1.77. The molecule has 0 radical (unpaired) electrons. The van der Waals surface area contributed by atoms with E-state index in [1.165, 1.54) is 17.0 Å². The predicted molar refractivity (Wildman–Crippen MR) is 82.2 cm³/mol. The van der Waals surface area contributed by atoms with Crippen LogP contribution in [0.3, 0.4) is 0 Å². The molecule has 3 aromatic rings. The Bertz CT molecular complexity index is 770. The molecule has 5 heteroatoms. The minimum atomic E-state index is 0.330. The Labute approximate surface area is 121 Å². The topological polar surface area (TPSA) is 50.2 Å². The lowest BCUT2D eigenvalue weighted by atomic mass is 10.1. The van der Waals surface area contributed by atoms with Crippen LogP contribution in [0.25, 0.3) is 10.8 Å². The van der Waals surface area contributed by atoms with Gasteiger partial charge >= 0.3 is 0 Å². The average molecular weight is 283 g/mol. The summed E-state index contributed by atoms with van der Waals surface area (Å²) in [5, 5.41) is 6.84. The lowest BCUT2D eigenvalue weighted by Gasteiger charge is -2.00. The number of anilines is 1. The maximum Gasteiger partial charge on any atom is 0.166 e. The molecule has 20 heavy (non-hydrogen) atoms. The van der Waals surface area contributed by atoms with Gasteiger partial charge in [-0.1, -0.05) is 48.0 Å². The number of hydrogen-bond acceptors (Lipinski definition) is 4. The third-order valence-electron chi connectivity index (χ3n) is 2.77. The fourth-order valence-corrected chi connectivity index (χ4v) is 2.00. The Kier molecular flexibility index (Phi) is 3.56. The summed E-state index contributed by atoms with van der Waals surface area (Å²) in [6, 6.07) is 14.3. The smallest absolute Gasteiger partial charge is 0.166 e. The van der Waals surface area contributed by atoms with Gasteiger partial charge in [0.15, 0.2) is 5.82 Å². The summed E-state index contributed by atoms with van der Waals surface area (Å²) in [4.78, 5) is 7.95. The fraction of sp³-hybridized carbons (Fsp3) is 0. The first kappa shape index (κ1) is 12.6. The Morgan fingerprint density at radius 3 is 2.75 bits per heavy atom. The Hall–Kier alpha value is -2.46. The van der Waals surface area contributed by atoms with Gasteiger partial charge in [0.05, 0.1) is 18.6 Å². The predicted octanol–water partition coefficient (Wildman–Crippen LogP) is 3.73. The van der Waals surface area contributed by atoms with Crippen LogP contribution in [0.2, 0.25) is 5.15 Å². The molecule has 0 aliphatic rings. The van der Waals surface area contributed by atoms with Crippen LogP contribution in [0, 0.1) is 0 Å². The Morgan fingerprint density at radius 2 is 1.90 bits per heavy atom. The highest BCUT2D eigenvalue weighted by Crippen LogP contribution is 2.14. The van der Waals surface area contributed by atoms with Crippen molar-refractivity contribution < 1.29 is 0 Å². The van der Waals surface area contributed by atoms with Gasteiger partial charge in [-0.25, -0.2) is 4.98 Å². The van der Waals surface area contributed by atoms with Crippen LogP contribution >= 0.6 is 11.6 Å². The van der Waals surface area contributed by atoms with Crippen LogP contribution in [0.15, 0.2) is 60.0 Å². The zero-order chi connectivity index (χ0) is 13.8. The van der Waals surface area contributed by atoms with Gasteiger partial charge in [-0.3, -0.25) is 10.4 Å². The van der Waals surface area contributed by atoms with E-state index in [-0.39, 0.29) is 0 Å². The molecule has 0 fully saturated rings. The molecule has 1 aromatic heterocycles. The summed E-state index contributed by atoms with van der Waals surface area (Å²) in [6.45, 7) is 0. The zero-order valence-electron chi connectivity index (χ0n) is 10.5. The molecule has 0 aliphatic heterocycles. The Morgan fingerprint density at radius 1 is 1.05 bits per heavy atom. The summed E-state index contributed by atoms with van der Waals surface area (Å²) >= 11 is 5.74. The second-order valence-corrected chi connectivity index (χ2v) is 4.59. The standard InChI is InChI=1S/C15H11ClN4/c16-14-9-17-10-15(19-14)20-18-8-11-5-6-12-3-1-2-4-13(12)7-11/h1-10H,(H,19,20)/b18-8+. The highest BCUT2D eigenvalue weighted by molar-refractivity contribution is 6.29. The van der Waals surface area contributed by atoms with Crippen molar-refractivity contribution in [2.75, 3.05) is 5.43 Å². The minimum absolute atomic E-state index is 0.330. The summed E-state index contributed by atoms with van der Waals surface area (Å²) in [7, 11) is 0. The van der Waals surface area contributed by atoms with Crippen LogP contribution in [0.4, 0.5) is 5.82 Å². The van der Waals surface area contributed by atoms with E-state index in [4.69, 9.17) is 11.6 Å². The molecule has 0 atom stereocenters. The minimum Gasteiger partial charge on any atom is -0.260 e. The third kappa shape index (κ3) is 2.92. The van der Waals surface area contributed by atoms with Gasteiger partial charge in [0.2, 0.25) is 0 Å². The van der Waals surface area contributed by atoms with Crippen LogP contribution in [-0.2, 0) is 0 Å². The van der Waals surface area contributed by atoms with Crippen molar-refractivity contribution >= 4 is 34.4 Å². The van der Waals surface area contributed by atoms with E-state index in [2.05, 4.69) is 44.8 Å². The zero-order valence-corrected chi connectivity index (χ0v) is 11.2. The molecule has 4 nitrogen and oxygen atoms in total. The summed E-state index contributed by atoms with van der Waals surface area (Å²) in [5.41, 5.74) is 3.80. The summed E-state index contributed by atoms with van der Waals surface area (Å²) in [5.74, 6) is 0.509. The van der Waals surface area contributed by atoms with E-state index < -0.39 is 0 Å². The van der Waals surface area contributed by atoms with E-state index in [1.807, 2.05) is 18.2 Å². The number of halogens is 1. The van der Waals surface area contributed by atoms with Crippen molar-refractivity contribution in [2.45, 2.75) is 0 Å². The van der Waals surface area contributed by atoms with Crippen molar-refractivity contribution in [3.05, 3.63) is 65.6 Å². The molecule has 0 saturated heterocycles. The second-order valence-electron chi connectivity index (χ2n) is 4.20. The van der Waals surface area contributed by atoms with Gasteiger partial charge in [-0.05, 0) is 22.4 Å². The van der Waals surface area contributed by atoms with Gasteiger partial charge < -0.3 is 0 Å². The highest BCUT2D eigenvalue weighted by atomic mass is 35.5. The lowest BCUT2D eigenvalue weighted by molar-refractivity contribution is 1.16. The van der Waals surface area contributed by atoms with Gasteiger partial charge in [0.1, 0.15) is 5.15 Å². The molecular weight excluding hydrogens is 272 g/mol. The molecule has 0 aliphatic carbocycles. The van der Waals surface area contributed by atoms with E-state index >= 15 is 0 Å². The summed E-state index contributed by atoms with van der Waals surface area (Å²) < 4.78 is 0. The van der Waals surface area contributed by atoms with Gasteiger partial charge in [-0.2, -0.15) is 5.10 Å². The van der Waals surface area contributed by atoms with Crippen LogP contribution < -0.4 is 5.43 Å². The normalized spacial score (nSPS) is 11.1. The van der Waals surface area contributed by atoms with E-state index in [1.54, 1.807) is 12.4 Å². The van der Waals surface area contributed by atoms with E-state index in [9.17, 15) is 0 Å². The molecule has 3 rings (SSSR count). The van der Waals surface area contributed by atoms with Crippen molar-refractivity contribution in [1.29, 1.82) is 0 Å². The molecule has 0 bridgehead atoms. The fourth-order valence-electron chi connectivity index (χ4n) is 1.86. The number of hydrogen-bond donors (Lipinski definition) is 1. The van der Waals surface area contributed by atoms with Gasteiger partial charge in [0, 0.05) is 0 Å².